The molecule has 0 bridgehead atoms. The van der Waals surface area contributed by atoms with Crippen LogP contribution < -0.4 is 39.2 Å². The molecule has 0 radical (unpaired) electrons. The molecule has 44 heavy (non-hydrogen) atoms. The molecule has 0 aliphatic rings. The summed E-state index contributed by atoms with van der Waals surface area (Å²) in [5.41, 5.74) is 8.41. The minimum absolute atomic E-state index is 0. The van der Waals surface area contributed by atoms with E-state index in [1.165, 1.54) is 11.1 Å². The third-order valence-electron chi connectivity index (χ3n) is 7.35. The Morgan fingerprint density at radius 2 is 1.25 bits per heavy atom. The van der Waals surface area contributed by atoms with Crippen molar-refractivity contribution < 1.29 is 28.5 Å². The van der Waals surface area contributed by atoms with Crippen molar-refractivity contribution in [3.63, 3.8) is 0 Å². The van der Waals surface area contributed by atoms with Crippen molar-refractivity contribution in [1.29, 1.82) is 0 Å². The van der Waals surface area contributed by atoms with E-state index in [2.05, 4.69) is 160 Å². The minimum Gasteiger partial charge on any atom is -1.00 e. The van der Waals surface area contributed by atoms with Crippen LogP contribution in [-0.4, -0.2) is 20.6 Å². The summed E-state index contributed by atoms with van der Waals surface area (Å²) in [5, 5.41) is 6.79. The zero-order chi connectivity index (χ0) is 31.4. The summed E-state index contributed by atoms with van der Waals surface area (Å²) in [4.78, 5) is 9.00. The fourth-order valence-corrected chi connectivity index (χ4v) is 4.86. The van der Waals surface area contributed by atoms with Crippen molar-refractivity contribution in [1.82, 2.24) is 14.5 Å². The smallest absolute Gasteiger partial charge is 0.273 e. The molecule has 5 aromatic rings. The van der Waals surface area contributed by atoms with Crippen LogP contribution in [0.1, 0.15) is 86.4 Å². The molecule has 0 spiro atoms. The Balaban J connectivity index is 0.000000235. The average Bonchev–Trinajstić information content (AvgIpc) is 3.34. The first kappa shape index (κ1) is 35.0. The predicted molar refractivity (Wildman–Crippen MR) is 182 cm³/mol. The maximum Gasteiger partial charge on any atom is 0.273 e. The average molecular weight is 705 g/mol. The highest BCUT2D eigenvalue weighted by atomic mass is 127. The van der Waals surface area contributed by atoms with E-state index in [9.17, 15) is 0 Å². The molecule has 0 amide bonds. The van der Waals surface area contributed by atoms with E-state index in [1.807, 2.05) is 24.4 Å². The van der Waals surface area contributed by atoms with Gasteiger partial charge in [0.25, 0.3) is 12.0 Å². The van der Waals surface area contributed by atoms with Crippen molar-refractivity contribution in [3.05, 3.63) is 103 Å². The fraction of sp³-hybridized carbons (Fsp3) is 0.378. The highest BCUT2D eigenvalue weighted by Crippen LogP contribution is 2.27. The summed E-state index contributed by atoms with van der Waals surface area (Å²) < 4.78 is 4.43. The number of imidazole rings is 1. The molecule has 2 aromatic carbocycles. The molecule has 234 valence electrons. The summed E-state index contributed by atoms with van der Waals surface area (Å²) >= 11 is 0. The lowest BCUT2D eigenvalue weighted by atomic mass is 9.87. The van der Waals surface area contributed by atoms with Crippen LogP contribution in [-0.2, 0) is 10.8 Å². The Kier molecular flexibility index (Phi) is 11.6. The molecule has 7 heteroatoms. The van der Waals surface area contributed by atoms with Crippen molar-refractivity contribution in [2.24, 2.45) is 0 Å². The fourth-order valence-electron chi connectivity index (χ4n) is 4.86. The van der Waals surface area contributed by atoms with E-state index in [-0.39, 0.29) is 34.8 Å². The number of benzene rings is 2. The van der Waals surface area contributed by atoms with E-state index in [0.717, 1.165) is 34.0 Å². The van der Waals surface area contributed by atoms with Crippen molar-refractivity contribution >= 4 is 28.4 Å². The van der Waals surface area contributed by atoms with Gasteiger partial charge in [-0.1, -0.05) is 65.8 Å². The van der Waals surface area contributed by atoms with E-state index in [1.54, 1.807) is 6.20 Å². The SMILES string of the molecule is CC(C)Nc1cccnc1Nc1ccc(C(C)(C)C)cc1.CC(C)[n+]1cn(-c2ccc(C(C)(C)C)cc2)c2ncccc21.[I-]. The summed E-state index contributed by atoms with van der Waals surface area (Å²) in [6.45, 7) is 22.0. The maximum absolute atomic E-state index is 4.57. The Labute approximate surface area is 281 Å². The van der Waals surface area contributed by atoms with Crippen molar-refractivity contribution in [2.45, 2.75) is 92.2 Å². The molecule has 0 saturated carbocycles. The number of hydrogen-bond acceptors (Lipinski definition) is 4. The van der Waals surface area contributed by atoms with Gasteiger partial charge in [0.2, 0.25) is 0 Å². The molecule has 0 aliphatic carbocycles. The van der Waals surface area contributed by atoms with Crippen LogP contribution in [0.4, 0.5) is 17.2 Å². The second kappa shape index (κ2) is 14.5. The predicted octanol–water partition coefficient (Wildman–Crippen LogP) is 6.14. The molecule has 5 rings (SSSR count). The monoisotopic (exact) mass is 704 g/mol. The third kappa shape index (κ3) is 8.80. The number of nitrogens with zero attached hydrogens (tertiary/aromatic N) is 4. The minimum atomic E-state index is 0. The van der Waals surface area contributed by atoms with Crippen LogP contribution >= 0.6 is 0 Å². The Morgan fingerprint density at radius 3 is 1.80 bits per heavy atom. The molecule has 0 atom stereocenters. The number of nitrogens with one attached hydrogen (secondary N) is 2. The molecule has 0 saturated heterocycles. The van der Waals surface area contributed by atoms with E-state index in [4.69, 9.17) is 0 Å². The molecule has 2 N–H and O–H groups in total. The quantitative estimate of drug-likeness (QED) is 0.165. The van der Waals surface area contributed by atoms with Crippen LogP contribution in [0.5, 0.6) is 0 Å². The van der Waals surface area contributed by atoms with Gasteiger partial charge in [-0.15, -0.1) is 0 Å². The number of rotatable bonds is 6. The molecule has 3 aromatic heterocycles. The van der Waals surface area contributed by atoms with Crippen LogP contribution in [0, 0.1) is 0 Å². The summed E-state index contributed by atoms with van der Waals surface area (Å²) in [6.07, 6.45) is 5.80. The Bertz CT molecular complexity index is 1620. The first-order valence-electron chi connectivity index (χ1n) is 15.3. The Morgan fingerprint density at radius 1 is 0.705 bits per heavy atom. The van der Waals surface area contributed by atoms with Gasteiger partial charge < -0.3 is 34.6 Å². The summed E-state index contributed by atoms with van der Waals surface area (Å²) in [7, 11) is 0. The van der Waals surface area contributed by atoms with Gasteiger partial charge in [-0.2, -0.15) is 4.57 Å². The third-order valence-corrected chi connectivity index (χ3v) is 7.35. The molecule has 0 unspecified atom stereocenters. The lowest BCUT2D eigenvalue weighted by Crippen LogP contribution is -3.00. The van der Waals surface area contributed by atoms with E-state index < -0.39 is 0 Å². The van der Waals surface area contributed by atoms with Gasteiger partial charge in [0, 0.05) is 24.1 Å². The lowest BCUT2D eigenvalue weighted by molar-refractivity contribution is -0.691. The molecular formula is C37H49IN6. The molecule has 0 fully saturated rings. The van der Waals surface area contributed by atoms with Gasteiger partial charge in [0.1, 0.15) is 5.69 Å². The second-order valence-corrected chi connectivity index (χ2v) is 13.8. The molecule has 3 heterocycles. The normalized spacial score (nSPS) is 11.6. The maximum atomic E-state index is 4.57. The van der Waals surface area contributed by atoms with Crippen LogP contribution in [0.3, 0.4) is 0 Å². The number of anilines is 3. The molecule has 6 nitrogen and oxygen atoms in total. The highest BCUT2D eigenvalue weighted by Gasteiger charge is 2.21. The number of fused-ring (bicyclic) bond motifs is 1. The van der Waals surface area contributed by atoms with E-state index >= 15 is 0 Å². The number of hydrogen-bond donors (Lipinski definition) is 2. The number of pyridine rings is 2. The van der Waals surface area contributed by atoms with Gasteiger partial charge in [-0.3, -0.25) is 0 Å². The summed E-state index contributed by atoms with van der Waals surface area (Å²) in [6, 6.07) is 26.2. The van der Waals surface area contributed by atoms with Crippen LogP contribution in [0.15, 0.2) is 91.5 Å². The van der Waals surface area contributed by atoms with Gasteiger partial charge in [0.15, 0.2) is 11.3 Å². The molecule has 0 aliphatic heterocycles. The lowest BCUT2D eigenvalue weighted by Gasteiger charge is -2.20. The van der Waals surface area contributed by atoms with Crippen molar-refractivity contribution in [3.8, 4) is 5.69 Å². The standard InChI is InChI=1S/C19H24N3.C18H25N3.HI/c1-14(2)21-13-22(18-17(21)7-6-12-20-18)16-10-8-15(9-11-16)19(3,4)5;1-13(2)20-16-7-6-12-19-17(16)21-15-10-8-14(9-11-15)18(3,4)5;/h6-14H,1-5H3;6-13,20H,1-5H3,(H,19,21);1H/q+1;;/p-1. The highest BCUT2D eigenvalue weighted by molar-refractivity contribution is 5.71. The zero-order valence-corrected chi connectivity index (χ0v) is 30.1. The first-order valence-corrected chi connectivity index (χ1v) is 15.3. The number of halogens is 1. The van der Waals surface area contributed by atoms with Crippen LogP contribution in [0.2, 0.25) is 0 Å². The van der Waals surface area contributed by atoms with Gasteiger partial charge >= 0.3 is 0 Å². The largest absolute Gasteiger partial charge is 1.00 e. The number of aromatic nitrogens is 4. The van der Waals surface area contributed by atoms with Crippen molar-refractivity contribution in [2.75, 3.05) is 10.6 Å². The van der Waals surface area contributed by atoms with Crippen LogP contribution in [0.25, 0.3) is 16.9 Å². The Hall–Kier alpha value is -3.46. The van der Waals surface area contributed by atoms with Gasteiger partial charge in [0.05, 0.1) is 11.7 Å². The second-order valence-electron chi connectivity index (χ2n) is 13.8. The van der Waals surface area contributed by atoms with E-state index in [0.29, 0.717) is 12.1 Å². The molecular weight excluding hydrogens is 655 g/mol. The topological polar surface area (TPSA) is 58.7 Å². The zero-order valence-electron chi connectivity index (χ0n) is 28.0. The summed E-state index contributed by atoms with van der Waals surface area (Å²) in [5.74, 6) is 0.856. The van der Waals surface area contributed by atoms with Gasteiger partial charge in [-0.05, 0) is 98.2 Å². The van der Waals surface area contributed by atoms with Gasteiger partial charge in [-0.25, -0.2) is 14.5 Å². The first-order chi connectivity index (χ1) is 20.2.